The first-order chi connectivity index (χ1) is 13.2. The van der Waals surface area contributed by atoms with E-state index in [1.807, 2.05) is 60.7 Å². The molecule has 6 heteroatoms. The van der Waals surface area contributed by atoms with Gasteiger partial charge in [-0.05, 0) is 18.6 Å². The maximum Gasteiger partial charge on any atom is 0.350 e. The van der Waals surface area contributed by atoms with Crippen LogP contribution in [0.2, 0.25) is 0 Å². The van der Waals surface area contributed by atoms with Crippen LogP contribution in [0, 0.1) is 0 Å². The smallest absolute Gasteiger partial charge is 0.350 e. The van der Waals surface area contributed by atoms with Crippen LogP contribution in [0.4, 0.5) is 5.13 Å². The summed E-state index contributed by atoms with van der Waals surface area (Å²) in [7, 11) is 0. The summed E-state index contributed by atoms with van der Waals surface area (Å²) >= 11 is 1.10. The Bertz CT molecular complexity index is 950. The fourth-order valence-corrected chi connectivity index (χ4v) is 3.27. The van der Waals surface area contributed by atoms with Crippen LogP contribution in [0.15, 0.2) is 66.7 Å². The zero-order chi connectivity index (χ0) is 19.1. The lowest BCUT2D eigenvalue weighted by atomic mass is 10.1. The van der Waals surface area contributed by atoms with Gasteiger partial charge in [0, 0.05) is 11.6 Å². The van der Waals surface area contributed by atoms with Crippen molar-refractivity contribution in [2.75, 3.05) is 11.9 Å². The minimum atomic E-state index is -0.450. The number of carbonyl (C=O) groups excluding carboxylic acids is 2. The van der Waals surface area contributed by atoms with Crippen LogP contribution in [0.5, 0.6) is 0 Å². The van der Waals surface area contributed by atoms with Gasteiger partial charge in [-0.1, -0.05) is 72.0 Å². The number of hydrogen-bond donors (Lipinski definition) is 1. The first kappa shape index (κ1) is 18.5. The molecule has 3 rings (SSSR count). The average molecular weight is 378 g/mol. The molecule has 0 unspecified atom stereocenters. The van der Waals surface area contributed by atoms with E-state index in [9.17, 15) is 9.59 Å². The number of thiazole rings is 1. The van der Waals surface area contributed by atoms with Crippen LogP contribution >= 0.6 is 11.3 Å². The van der Waals surface area contributed by atoms with E-state index in [-0.39, 0.29) is 12.5 Å². The van der Waals surface area contributed by atoms with Crippen molar-refractivity contribution < 1.29 is 14.3 Å². The summed E-state index contributed by atoms with van der Waals surface area (Å²) in [4.78, 5) is 29.3. The molecule has 0 radical (unpaired) electrons. The number of carbonyl (C=O) groups is 2. The first-order valence-corrected chi connectivity index (χ1v) is 9.26. The number of amides is 1. The van der Waals surface area contributed by atoms with Crippen LogP contribution in [0.25, 0.3) is 17.3 Å². The second-order valence-electron chi connectivity index (χ2n) is 5.52. The molecule has 1 amide bonds. The van der Waals surface area contributed by atoms with Crippen LogP contribution in [-0.4, -0.2) is 23.5 Å². The zero-order valence-electron chi connectivity index (χ0n) is 14.7. The molecule has 1 aromatic heterocycles. The Labute approximate surface area is 161 Å². The SMILES string of the molecule is CCOC(=O)c1sc(NC(=O)C=Cc2ccccc2)nc1-c1ccccc1. The van der Waals surface area contributed by atoms with Gasteiger partial charge in [-0.2, -0.15) is 0 Å². The third-order valence-corrected chi connectivity index (χ3v) is 4.54. The van der Waals surface area contributed by atoms with E-state index in [2.05, 4.69) is 10.3 Å². The van der Waals surface area contributed by atoms with Gasteiger partial charge in [-0.3, -0.25) is 10.1 Å². The normalized spacial score (nSPS) is 10.7. The molecule has 0 saturated heterocycles. The summed E-state index contributed by atoms with van der Waals surface area (Å²) < 4.78 is 5.12. The zero-order valence-corrected chi connectivity index (χ0v) is 15.5. The van der Waals surface area contributed by atoms with Crippen molar-refractivity contribution >= 4 is 34.4 Å². The van der Waals surface area contributed by atoms with Crippen molar-refractivity contribution in [3.63, 3.8) is 0 Å². The number of ether oxygens (including phenoxy) is 1. The number of esters is 1. The van der Waals surface area contributed by atoms with Crippen molar-refractivity contribution in [1.82, 2.24) is 4.98 Å². The summed E-state index contributed by atoms with van der Waals surface area (Å²) in [6.45, 7) is 2.02. The van der Waals surface area contributed by atoms with E-state index in [4.69, 9.17) is 4.74 Å². The van der Waals surface area contributed by atoms with Gasteiger partial charge >= 0.3 is 5.97 Å². The quantitative estimate of drug-likeness (QED) is 0.501. The number of rotatable bonds is 6. The second kappa shape index (κ2) is 8.91. The summed E-state index contributed by atoms with van der Waals surface area (Å²) in [5.41, 5.74) is 2.21. The van der Waals surface area contributed by atoms with Gasteiger partial charge in [-0.15, -0.1) is 0 Å². The number of hydrogen-bond acceptors (Lipinski definition) is 5. The number of nitrogens with zero attached hydrogens (tertiary/aromatic N) is 1. The molecular weight excluding hydrogens is 360 g/mol. The van der Waals surface area contributed by atoms with Crippen LogP contribution < -0.4 is 5.32 Å². The highest BCUT2D eigenvalue weighted by atomic mass is 32.1. The van der Waals surface area contributed by atoms with Crippen molar-refractivity contribution in [2.24, 2.45) is 0 Å². The second-order valence-corrected chi connectivity index (χ2v) is 6.52. The molecule has 0 aliphatic heterocycles. The van der Waals surface area contributed by atoms with Crippen LogP contribution in [-0.2, 0) is 9.53 Å². The molecule has 136 valence electrons. The predicted octanol–water partition coefficient (Wildman–Crippen LogP) is 4.64. The van der Waals surface area contributed by atoms with Gasteiger partial charge in [0.15, 0.2) is 5.13 Å². The van der Waals surface area contributed by atoms with Crippen molar-refractivity contribution in [3.05, 3.63) is 77.2 Å². The molecule has 1 N–H and O–H groups in total. The highest BCUT2D eigenvalue weighted by Gasteiger charge is 2.21. The number of nitrogens with one attached hydrogen (secondary N) is 1. The lowest BCUT2D eigenvalue weighted by molar-refractivity contribution is -0.111. The molecule has 0 bridgehead atoms. The molecule has 1 heterocycles. The molecule has 0 aliphatic carbocycles. The van der Waals surface area contributed by atoms with Crippen LogP contribution in [0.1, 0.15) is 22.2 Å². The third-order valence-electron chi connectivity index (χ3n) is 3.59. The van der Waals surface area contributed by atoms with Gasteiger partial charge in [0.1, 0.15) is 4.88 Å². The van der Waals surface area contributed by atoms with Gasteiger partial charge in [-0.25, -0.2) is 9.78 Å². The predicted molar refractivity (Wildman–Crippen MR) is 108 cm³/mol. The molecule has 5 nitrogen and oxygen atoms in total. The van der Waals surface area contributed by atoms with E-state index < -0.39 is 5.97 Å². The molecule has 2 aromatic carbocycles. The third kappa shape index (κ3) is 4.89. The fraction of sp³-hybridized carbons (Fsp3) is 0.0952. The molecule has 0 spiro atoms. The lowest BCUT2D eigenvalue weighted by Crippen LogP contribution is -2.07. The highest BCUT2D eigenvalue weighted by molar-refractivity contribution is 7.18. The molecule has 27 heavy (non-hydrogen) atoms. The Hall–Kier alpha value is -3.25. The van der Waals surface area contributed by atoms with Gasteiger partial charge in [0.25, 0.3) is 0 Å². The fourth-order valence-electron chi connectivity index (χ4n) is 2.38. The topological polar surface area (TPSA) is 68.3 Å². The minimum Gasteiger partial charge on any atom is -0.462 e. The molecule has 0 aliphatic rings. The van der Waals surface area contributed by atoms with E-state index >= 15 is 0 Å². The van der Waals surface area contributed by atoms with Gasteiger partial charge < -0.3 is 4.74 Å². The Kier molecular flexibility index (Phi) is 6.12. The van der Waals surface area contributed by atoms with E-state index in [0.29, 0.717) is 15.7 Å². The molecule has 0 saturated carbocycles. The van der Waals surface area contributed by atoms with E-state index in [0.717, 1.165) is 22.5 Å². The summed E-state index contributed by atoms with van der Waals surface area (Å²) in [5, 5.41) is 3.06. The minimum absolute atomic E-state index is 0.270. The Morgan fingerprint density at radius 2 is 1.74 bits per heavy atom. The number of benzene rings is 2. The van der Waals surface area contributed by atoms with Gasteiger partial charge in [0.2, 0.25) is 5.91 Å². The molecular formula is C21H18N2O3S. The standard InChI is InChI=1S/C21H18N2O3S/c1-2-26-20(25)19-18(16-11-7-4-8-12-16)23-21(27-19)22-17(24)14-13-15-9-5-3-6-10-15/h3-14H,2H2,1H3,(H,22,23,24). The van der Waals surface area contributed by atoms with Crippen molar-refractivity contribution in [1.29, 1.82) is 0 Å². The Morgan fingerprint density at radius 3 is 2.41 bits per heavy atom. The summed E-state index contributed by atoms with van der Waals surface area (Å²) in [6, 6.07) is 18.9. The maximum atomic E-state index is 12.3. The van der Waals surface area contributed by atoms with Crippen molar-refractivity contribution in [3.8, 4) is 11.3 Å². The lowest BCUT2D eigenvalue weighted by Gasteiger charge is -2.01. The highest BCUT2D eigenvalue weighted by Crippen LogP contribution is 2.31. The summed E-state index contributed by atoms with van der Waals surface area (Å²) in [5.74, 6) is -0.767. The Balaban J connectivity index is 1.82. The molecule has 3 aromatic rings. The average Bonchev–Trinajstić information content (AvgIpc) is 3.12. The monoisotopic (exact) mass is 378 g/mol. The maximum absolute atomic E-state index is 12.3. The van der Waals surface area contributed by atoms with E-state index in [1.54, 1.807) is 13.0 Å². The van der Waals surface area contributed by atoms with E-state index in [1.165, 1.54) is 6.08 Å². The molecule has 0 atom stereocenters. The van der Waals surface area contributed by atoms with Crippen LogP contribution in [0.3, 0.4) is 0 Å². The largest absolute Gasteiger partial charge is 0.462 e. The van der Waals surface area contributed by atoms with Crippen molar-refractivity contribution in [2.45, 2.75) is 6.92 Å². The number of anilines is 1. The number of aromatic nitrogens is 1. The summed E-state index contributed by atoms with van der Waals surface area (Å²) in [6.07, 6.45) is 3.15. The van der Waals surface area contributed by atoms with Gasteiger partial charge in [0.05, 0.1) is 12.3 Å². The molecule has 0 fully saturated rings. The first-order valence-electron chi connectivity index (χ1n) is 8.45. The Morgan fingerprint density at radius 1 is 1.07 bits per heavy atom.